The molecule has 0 aromatic heterocycles. The summed E-state index contributed by atoms with van der Waals surface area (Å²) in [5.41, 5.74) is -0.619. The van der Waals surface area contributed by atoms with E-state index in [0.717, 1.165) is 4.86 Å². The standard InChI is InChI=1S/C6H12OS/c1-5(8)4-6(2,3)7/h7H,4H2,1-3H3. The largest absolute Gasteiger partial charge is 0.390 e. The Labute approximate surface area is 55.7 Å². The van der Waals surface area contributed by atoms with Crippen LogP contribution in [0.25, 0.3) is 0 Å². The zero-order valence-electron chi connectivity index (χ0n) is 5.56. The fraction of sp³-hybridized carbons (Fsp3) is 0.833. The summed E-state index contributed by atoms with van der Waals surface area (Å²) in [6.07, 6.45) is 0.613. The Kier molecular flexibility index (Phi) is 2.57. The Morgan fingerprint density at radius 2 is 2.00 bits per heavy atom. The highest BCUT2D eigenvalue weighted by molar-refractivity contribution is 7.80. The number of aliphatic hydroxyl groups is 1. The van der Waals surface area contributed by atoms with Crippen molar-refractivity contribution in [2.75, 3.05) is 0 Å². The van der Waals surface area contributed by atoms with E-state index in [1.54, 1.807) is 13.8 Å². The van der Waals surface area contributed by atoms with Gasteiger partial charge >= 0.3 is 0 Å². The first kappa shape index (κ1) is 8.05. The first-order valence-corrected chi connectivity index (χ1v) is 3.04. The Morgan fingerprint density at radius 3 is 2.00 bits per heavy atom. The van der Waals surface area contributed by atoms with E-state index < -0.39 is 5.60 Å². The predicted octanol–water partition coefficient (Wildman–Crippen LogP) is 1.54. The van der Waals surface area contributed by atoms with Crippen LogP contribution in [0.1, 0.15) is 27.2 Å². The van der Waals surface area contributed by atoms with Crippen molar-refractivity contribution in [2.45, 2.75) is 32.8 Å². The minimum absolute atomic E-state index is 0.613. The molecule has 1 nitrogen and oxygen atoms in total. The van der Waals surface area contributed by atoms with Crippen LogP contribution in [-0.2, 0) is 0 Å². The Hall–Kier alpha value is 0.0500. The fourth-order valence-electron chi connectivity index (χ4n) is 0.609. The van der Waals surface area contributed by atoms with E-state index in [0.29, 0.717) is 6.42 Å². The molecular formula is C6H12OS. The van der Waals surface area contributed by atoms with Crippen molar-refractivity contribution in [1.29, 1.82) is 0 Å². The number of thiocarbonyl (C=S) groups is 1. The van der Waals surface area contributed by atoms with E-state index in [1.165, 1.54) is 0 Å². The highest BCUT2D eigenvalue weighted by Gasteiger charge is 2.11. The molecule has 2 heteroatoms. The SMILES string of the molecule is CC(=S)CC(C)(C)O. The van der Waals surface area contributed by atoms with Gasteiger partial charge in [0, 0.05) is 6.42 Å². The van der Waals surface area contributed by atoms with Gasteiger partial charge in [-0.25, -0.2) is 0 Å². The van der Waals surface area contributed by atoms with Gasteiger partial charge in [0.15, 0.2) is 0 Å². The maximum Gasteiger partial charge on any atom is 0.0636 e. The molecule has 0 spiro atoms. The summed E-state index contributed by atoms with van der Waals surface area (Å²) >= 11 is 4.78. The summed E-state index contributed by atoms with van der Waals surface area (Å²) in [4.78, 5) is 0.859. The lowest BCUT2D eigenvalue weighted by atomic mass is 10.0. The Morgan fingerprint density at radius 1 is 1.62 bits per heavy atom. The minimum atomic E-state index is -0.619. The van der Waals surface area contributed by atoms with Gasteiger partial charge in [0.1, 0.15) is 0 Å². The van der Waals surface area contributed by atoms with Gasteiger partial charge in [-0.05, 0) is 25.6 Å². The molecule has 0 aromatic rings. The molecule has 0 unspecified atom stereocenters. The molecule has 0 aromatic carbocycles. The molecule has 0 amide bonds. The first-order chi connectivity index (χ1) is 3.42. The third-order valence-corrected chi connectivity index (χ3v) is 0.826. The van der Waals surface area contributed by atoms with E-state index in [9.17, 15) is 0 Å². The number of hydrogen-bond acceptors (Lipinski definition) is 2. The van der Waals surface area contributed by atoms with Gasteiger partial charge in [0.2, 0.25) is 0 Å². The lowest BCUT2D eigenvalue weighted by Crippen LogP contribution is -2.20. The average Bonchev–Trinajstić information content (AvgIpc) is 1.21. The van der Waals surface area contributed by atoms with Crippen LogP contribution >= 0.6 is 12.2 Å². The smallest absolute Gasteiger partial charge is 0.0636 e. The van der Waals surface area contributed by atoms with Crippen molar-refractivity contribution >= 4 is 17.1 Å². The van der Waals surface area contributed by atoms with Gasteiger partial charge in [-0.3, -0.25) is 0 Å². The second-order valence-corrected chi connectivity index (χ2v) is 3.39. The fourth-order valence-corrected chi connectivity index (χ4v) is 0.962. The highest BCUT2D eigenvalue weighted by Crippen LogP contribution is 2.07. The van der Waals surface area contributed by atoms with Gasteiger partial charge < -0.3 is 5.11 Å². The van der Waals surface area contributed by atoms with Crippen LogP contribution in [0.4, 0.5) is 0 Å². The molecule has 0 rings (SSSR count). The van der Waals surface area contributed by atoms with Crippen LogP contribution in [0.3, 0.4) is 0 Å². The monoisotopic (exact) mass is 132 g/mol. The van der Waals surface area contributed by atoms with Crippen LogP contribution in [0.15, 0.2) is 0 Å². The van der Waals surface area contributed by atoms with Crippen molar-refractivity contribution in [3.63, 3.8) is 0 Å². The third-order valence-electron chi connectivity index (χ3n) is 0.682. The summed E-state index contributed by atoms with van der Waals surface area (Å²) in [6, 6.07) is 0. The Bertz CT molecular complexity index is 91.2. The lowest BCUT2D eigenvalue weighted by Gasteiger charge is -2.14. The maximum absolute atomic E-state index is 9.10. The molecule has 48 valence electrons. The van der Waals surface area contributed by atoms with E-state index in [-0.39, 0.29) is 0 Å². The zero-order valence-corrected chi connectivity index (χ0v) is 6.38. The molecule has 0 aliphatic carbocycles. The van der Waals surface area contributed by atoms with E-state index in [4.69, 9.17) is 17.3 Å². The van der Waals surface area contributed by atoms with E-state index in [2.05, 4.69) is 0 Å². The molecule has 0 aliphatic rings. The van der Waals surface area contributed by atoms with Crippen molar-refractivity contribution in [2.24, 2.45) is 0 Å². The van der Waals surface area contributed by atoms with Crippen molar-refractivity contribution in [1.82, 2.24) is 0 Å². The van der Waals surface area contributed by atoms with Crippen molar-refractivity contribution in [3.05, 3.63) is 0 Å². The first-order valence-electron chi connectivity index (χ1n) is 2.63. The number of hydrogen-bond donors (Lipinski definition) is 1. The van der Waals surface area contributed by atoms with Gasteiger partial charge in [-0.2, -0.15) is 0 Å². The number of rotatable bonds is 2. The molecule has 0 atom stereocenters. The highest BCUT2D eigenvalue weighted by atomic mass is 32.1. The Balaban J connectivity index is 3.55. The molecule has 0 saturated carbocycles. The summed E-state index contributed by atoms with van der Waals surface area (Å²) < 4.78 is 0. The normalized spacial score (nSPS) is 11.5. The summed E-state index contributed by atoms with van der Waals surface area (Å²) in [5.74, 6) is 0. The van der Waals surface area contributed by atoms with Crippen molar-refractivity contribution in [3.8, 4) is 0 Å². The second-order valence-electron chi connectivity index (χ2n) is 2.69. The zero-order chi connectivity index (χ0) is 6.78. The topological polar surface area (TPSA) is 20.2 Å². The molecule has 1 N–H and O–H groups in total. The average molecular weight is 132 g/mol. The molecule has 0 fully saturated rings. The molecule has 0 bridgehead atoms. The molecule has 0 saturated heterocycles. The van der Waals surface area contributed by atoms with Crippen LogP contribution < -0.4 is 0 Å². The third kappa shape index (κ3) is 6.05. The molecule has 0 heterocycles. The van der Waals surface area contributed by atoms with Gasteiger partial charge in [0.25, 0.3) is 0 Å². The van der Waals surface area contributed by atoms with E-state index in [1.807, 2.05) is 6.92 Å². The summed E-state index contributed by atoms with van der Waals surface area (Å²) in [7, 11) is 0. The van der Waals surface area contributed by atoms with Crippen LogP contribution in [0.5, 0.6) is 0 Å². The predicted molar refractivity (Wildman–Crippen MR) is 39.2 cm³/mol. The molecule has 8 heavy (non-hydrogen) atoms. The quantitative estimate of drug-likeness (QED) is 0.575. The molecular weight excluding hydrogens is 120 g/mol. The van der Waals surface area contributed by atoms with Crippen LogP contribution in [0, 0.1) is 0 Å². The van der Waals surface area contributed by atoms with Crippen molar-refractivity contribution < 1.29 is 5.11 Å². The minimum Gasteiger partial charge on any atom is -0.390 e. The van der Waals surface area contributed by atoms with E-state index >= 15 is 0 Å². The second kappa shape index (κ2) is 2.55. The molecule has 0 radical (unpaired) electrons. The van der Waals surface area contributed by atoms with Crippen LogP contribution in [0.2, 0.25) is 0 Å². The summed E-state index contributed by atoms with van der Waals surface area (Å²) in [5, 5.41) is 9.10. The summed E-state index contributed by atoms with van der Waals surface area (Å²) in [6.45, 7) is 5.35. The van der Waals surface area contributed by atoms with Gasteiger partial charge in [-0.1, -0.05) is 12.2 Å². The van der Waals surface area contributed by atoms with Gasteiger partial charge in [-0.15, -0.1) is 0 Å². The molecule has 0 aliphatic heterocycles. The van der Waals surface area contributed by atoms with Gasteiger partial charge in [0.05, 0.1) is 5.60 Å². The maximum atomic E-state index is 9.10. The lowest BCUT2D eigenvalue weighted by molar-refractivity contribution is 0.0891. The van der Waals surface area contributed by atoms with Crippen LogP contribution in [-0.4, -0.2) is 15.6 Å².